The van der Waals surface area contributed by atoms with E-state index in [0.29, 0.717) is 11.8 Å². The van der Waals surface area contributed by atoms with Gasteiger partial charge in [-0.2, -0.15) is 0 Å². The van der Waals surface area contributed by atoms with E-state index in [-0.39, 0.29) is 6.61 Å². The molecular formula is C17H22N4O2. The maximum Gasteiger partial charge on any atom is 0.255 e. The van der Waals surface area contributed by atoms with Gasteiger partial charge in [0.25, 0.3) is 5.91 Å². The molecule has 0 fully saturated rings. The maximum atomic E-state index is 10.8. The minimum Gasteiger partial charge on any atom is -0.484 e. The molecular weight excluding hydrogens is 292 g/mol. The fourth-order valence-electron chi connectivity index (χ4n) is 3.17. The number of nitrogens with two attached hydrogens (primary N) is 1. The highest BCUT2D eigenvalue weighted by atomic mass is 16.5. The van der Waals surface area contributed by atoms with Crippen molar-refractivity contribution >= 4 is 5.91 Å². The van der Waals surface area contributed by atoms with E-state index in [0.717, 1.165) is 31.5 Å². The highest BCUT2D eigenvalue weighted by Crippen LogP contribution is 2.31. The Morgan fingerprint density at radius 1 is 1.52 bits per heavy atom. The molecule has 1 amide bonds. The molecule has 0 bridgehead atoms. The number of rotatable bonds is 6. The lowest BCUT2D eigenvalue weighted by Gasteiger charge is -2.34. The van der Waals surface area contributed by atoms with Crippen LogP contribution in [0.2, 0.25) is 0 Å². The molecule has 6 nitrogen and oxygen atoms in total. The monoisotopic (exact) mass is 314 g/mol. The number of fused-ring (bicyclic) bond motifs is 1. The van der Waals surface area contributed by atoms with E-state index in [1.54, 1.807) is 6.33 Å². The van der Waals surface area contributed by atoms with Gasteiger partial charge in [-0.05, 0) is 24.1 Å². The first-order chi connectivity index (χ1) is 11.2. The summed E-state index contributed by atoms with van der Waals surface area (Å²) in [5.41, 5.74) is 8.70. The molecule has 2 aromatic rings. The average Bonchev–Trinajstić information content (AvgIpc) is 3.02. The standard InChI is InChI=1S/C17H22N4O2/c1-2-15-17-14(19-11-20-17)6-7-21(15)9-12-4-3-5-13(8-12)23-10-16(18)22/h3-5,8,11,15H,2,6-7,9-10H2,1H3,(H2,18,22)(H,19,20)/t15-/m0/s1. The van der Waals surface area contributed by atoms with Crippen molar-refractivity contribution in [3.8, 4) is 5.75 Å². The number of benzene rings is 1. The van der Waals surface area contributed by atoms with Crippen molar-refractivity contribution in [2.75, 3.05) is 13.2 Å². The molecule has 0 saturated heterocycles. The Labute approximate surface area is 135 Å². The molecule has 3 N–H and O–H groups in total. The quantitative estimate of drug-likeness (QED) is 0.851. The molecule has 1 aromatic carbocycles. The van der Waals surface area contributed by atoms with Crippen molar-refractivity contribution in [2.45, 2.75) is 32.4 Å². The number of aromatic amines is 1. The lowest BCUT2D eigenvalue weighted by atomic mass is 9.99. The van der Waals surface area contributed by atoms with Crippen LogP contribution in [0.3, 0.4) is 0 Å². The Morgan fingerprint density at radius 2 is 2.39 bits per heavy atom. The zero-order chi connectivity index (χ0) is 16.2. The summed E-state index contributed by atoms with van der Waals surface area (Å²) in [5, 5.41) is 0. The number of nitrogens with zero attached hydrogens (tertiary/aromatic N) is 2. The van der Waals surface area contributed by atoms with Gasteiger partial charge in [0, 0.05) is 25.2 Å². The van der Waals surface area contributed by atoms with Gasteiger partial charge in [0.2, 0.25) is 0 Å². The summed E-state index contributed by atoms with van der Waals surface area (Å²) in [5.74, 6) is 0.204. The molecule has 122 valence electrons. The van der Waals surface area contributed by atoms with Crippen molar-refractivity contribution in [1.82, 2.24) is 14.9 Å². The van der Waals surface area contributed by atoms with Gasteiger partial charge < -0.3 is 15.5 Å². The highest BCUT2D eigenvalue weighted by Gasteiger charge is 2.28. The molecule has 1 aromatic heterocycles. The third-order valence-electron chi connectivity index (χ3n) is 4.21. The zero-order valence-electron chi connectivity index (χ0n) is 13.3. The molecule has 1 aliphatic rings. The fraction of sp³-hybridized carbons (Fsp3) is 0.412. The number of carbonyl (C=O) groups excluding carboxylic acids is 1. The van der Waals surface area contributed by atoms with Crippen molar-refractivity contribution in [3.05, 3.63) is 47.5 Å². The number of nitrogens with one attached hydrogen (secondary N) is 1. The second kappa shape index (κ2) is 6.83. The number of amides is 1. The molecule has 0 unspecified atom stereocenters. The first kappa shape index (κ1) is 15.6. The first-order valence-electron chi connectivity index (χ1n) is 7.93. The van der Waals surface area contributed by atoms with Gasteiger partial charge in [-0.3, -0.25) is 9.69 Å². The predicted molar refractivity (Wildman–Crippen MR) is 86.9 cm³/mol. The smallest absolute Gasteiger partial charge is 0.255 e. The largest absolute Gasteiger partial charge is 0.484 e. The van der Waals surface area contributed by atoms with Crippen LogP contribution >= 0.6 is 0 Å². The van der Waals surface area contributed by atoms with E-state index in [2.05, 4.69) is 27.9 Å². The van der Waals surface area contributed by atoms with Gasteiger partial charge in [0.05, 0.1) is 18.1 Å². The Balaban J connectivity index is 1.72. The van der Waals surface area contributed by atoms with E-state index >= 15 is 0 Å². The molecule has 1 aliphatic heterocycles. The molecule has 2 heterocycles. The lowest BCUT2D eigenvalue weighted by Crippen LogP contribution is -2.34. The van der Waals surface area contributed by atoms with Gasteiger partial charge >= 0.3 is 0 Å². The highest BCUT2D eigenvalue weighted by molar-refractivity contribution is 5.75. The van der Waals surface area contributed by atoms with Crippen molar-refractivity contribution in [3.63, 3.8) is 0 Å². The Morgan fingerprint density at radius 3 is 3.17 bits per heavy atom. The summed E-state index contributed by atoms with van der Waals surface area (Å²) < 4.78 is 5.38. The second-order valence-electron chi connectivity index (χ2n) is 5.81. The van der Waals surface area contributed by atoms with E-state index in [1.165, 1.54) is 11.4 Å². The summed E-state index contributed by atoms with van der Waals surface area (Å²) >= 11 is 0. The van der Waals surface area contributed by atoms with Gasteiger partial charge in [0.15, 0.2) is 6.61 Å². The minimum absolute atomic E-state index is 0.0959. The topological polar surface area (TPSA) is 84.2 Å². The molecule has 0 aliphatic carbocycles. The van der Waals surface area contributed by atoms with Crippen LogP contribution < -0.4 is 10.5 Å². The minimum atomic E-state index is -0.469. The Bertz CT molecular complexity index is 683. The Kier molecular flexibility index (Phi) is 4.62. The van der Waals surface area contributed by atoms with Crippen LogP contribution in [-0.4, -0.2) is 33.9 Å². The van der Waals surface area contributed by atoms with Gasteiger partial charge in [0.1, 0.15) is 5.75 Å². The normalized spacial score (nSPS) is 17.7. The molecule has 23 heavy (non-hydrogen) atoms. The number of H-pyrrole nitrogens is 1. The number of hydrogen-bond acceptors (Lipinski definition) is 4. The molecule has 1 atom stereocenters. The molecule has 3 rings (SSSR count). The average molecular weight is 314 g/mol. The zero-order valence-corrected chi connectivity index (χ0v) is 13.3. The summed E-state index contributed by atoms with van der Waals surface area (Å²) in [6.07, 6.45) is 3.80. The van der Waals surface area contributed by atoms with Crippen LogP contribution in [0.1, 0.15) is 36.3 Å². The van der Waals surface area contributed by atoms with Crippen molar-refractivity contribution < 1.29 is 9.53 Å². The fourth-order valence-corrected chi connectivity index (χ4v) is 3.17. The van der Waals surface area contributed by atoms with Crippen LogP contribution in [0.15, 0.2) is 30.6 Å². The van der Waals surface area contributed by atoms with Crippen LogP contribution in [-0.2, 0) is 17.8 Å². The van der Waals surface area contributed by atoms with E-state index in [4.69, 9.17) is 10.5 Å². The van der Waals surface area contributed by atoms with Gasteiger partial charge in [-0.1, -0.05) is 19.1 Å². The molecule has 6 heteroatoms. The van der Waals surface area contributed by atoms with Gasteiger partial charge in [-0.25, -0.2) is 4.98 Å². The summed E-state index contributed by atoms with van der Waals surface area (Å²) in [6.45, 7) is 3.92. The number of aromatic nitrogens is 2. The van der Waals surface area contributed by atoms with E-state index < -0.39 is 5.91 Å². The van der Waals surface area contributed by atoms with Crippen LogP contribution in [0.5, 0.6) is 5.75 Å². The third-order valence-corrected chi connectivity index (χ3v) is 4.21. The maximum absolute atomic E-state index is 10.8. The number of primary amides is 1. The SMILES string of the molecule is CC[C@H]1c2nc[nH]c2CCN1Cc1cccc(OCC(N)=O)c1. The molecule has 0 spiro atoms. The first-order valence-corrected chi connectivity index (χ1v) is 7.93. The van der Waals surface area contributed by atoms with Gasteiger partial charge in [-0.15, -0.1) is 0 Å². The van der Waals surface area contributed by atoms with E-state index in [1.807, 2.05) is 18.2 Å². The van der Waals surface area contributed by atoms with Crippen LogP contribution in [0.4, 0.5) is 0 Å². The summed E-state index contributed by atoms with van der Waals surface area (Å²) in [6, 6.07) is 8.15. The predicted octanol–water partition coefficient (Wildman–Crippen LogP) is 1.78. The van der Waals surface area contributed by atoms with Crippen molar-refractivity contribution in [2.24, 2.45) is 5.73 Å². The molecule has 0 saturated carbocycles. The van der Waals surface area contributed by atoms with Crippen LogP contribution in [0.25, 0.3) is 0 Å². The molecule has 0 radical (unpaired) electrons. The number of imidazole rings is 1. The lowest BCUT2D eigenvalue weighted by molar-refractivity contribution is -0.119. The van der Waals surface area contributed by atoms with Crippen LogP contribution in [0, 0.1) is 0 Å². The second-order valence-corrected chi connectivity index (χ2v) is 5.81. The summed E-state index contributed by atoms with van der Waals surface area (Å²) in [7, 11) is 0. The summed E-state index contributed by atoms with van der Waals surface area (Å²) in [4.78, 5) is 21.0. The number of ether oxygens (including phenoxy) is 1. The van der Waals surface area contributed by atoms with Crippen molar-refractivity contribution in [1.29, 1.82) is 0 Å². The Hall–Kier alpha value is -2.34. The third kappa shape index (κ3) is 3.53. The van der Waals surface area contributed by atoms with E-state index in [9.17, 15) is 4.79 Å². The number of hydrogen-bond donors (Lipinski definition) is 2. The number of carbonyl (C=O) groups is 1.